The van der Waals surface area contributed by atoms with E-state index >= 15 is 0 Å². The average Bonchev–Trinajstić information content (AvgIpc) is 3.29. The largest absolute Gasteiger partial charge is 0.354 e. The lowest BCUT2D eigenvalue weighted by Crippen LogP contribution is -2.24. The Morgan fingerprint density at radius 2 is 2.07 bits per heavy atom. The summed E-state index contributed by atoms with van der Waals surface area (Å²) in [4.78, 5) is 7.80. The number of hydrogen-bond acceptors (Lipinski definition) is 5. The van der Waals surface area contributed by atoms with E-state index in [0.29, 0.717) is 6.04 Å². The van der Waals surface area contributed by atoms with Crippen LogP contribution in [0.2, 0.25) is 0 Å². The summed E-state index contributed by atoms with van der Waals surface area (Å²) in [5.41, 5.74) is 6.49. The zero-order valence-corrected chi connectivity index (χ0v) is 17.3. The number of fused-ring (bicyclic) bond motifs is 1. The number of nitrogens with zero attached hydrogens (tertiary/aromatic N) is 4. The molecular weight excluding hydrogens is 354 g/mol. The van der Waals surface area contributed by atoms with Gasteiger partial charge in [-0.25, -0.2) is 9.67 Å². The van der Waals surface area contributed by atoms with E-state index < -0.39 is 0 Å². The van der Waals surface area contributed by atoms with Crippen LogP contribution in [0.3, 0.4) is 0 Å². The molecule has 1 aromatic carbocycles. The highest BCUT2D eigenvalue weighted by atomic mass is 32.1. The Labute approximate surface area is 165 Å². The van der Waals surface area contributed by atoms with Crippen LogP contribution in [0.1, 0.15) is 46.1 Å². The first-order chi connectivity index (χ1) is 13.0. The molecule has 0 spiro atoms. The number of hydrogen-bond donors (Lipinski definition) is 1. The van der Waals surface area contributed by atoms with Gasteiger partial charge in [0.25, 0.3) is 0 Å². The Kier molecular flexibility index (Phi) is 5.02. The number of rotatable bonds is 5. The van der Waals surface area contributed by atoms with E-state index in [1.807, 2.05) is 20.3 Å². The topological polar surface area (TPSA) is 46.0 Å². The minimum atomic E-state index is 0.360. The van der Waals surface area contributed by atoms with Gasteiger partial charge in [-0.2, -0.15) is 5.10 Å². The van der Waals surface area contributed by atoms with Crippen LogP contribution in [0.4, 0.5) is 5.13 Å². The molecule has 3 aromatic rings. The van der Waals surface area contributed by atoms with Crippen LogP contribution < -0.4 is 10.2 Å². The summed E-state index contributed by atoms with van der Waals surface area (Å²) in [6, 6.07) is 6.95. The van der Waals surface area contributed by atoms with Gasteiger partial charge in [-0.15, -0.1) is 11.3 Å². The first-order valence-corrected chi connectivity index (χ1v) is 10.3. The van der Waals surface area contributed by atoms with E-state index in [4.69, 9.17) is 5.10 Å². The summed E-state index contributed by atoms with van der Waals surface area (Å²) >= 11 is 1.75. The van der Waals surface area contributed by atoms with Crippen LogP contribution in [0.15, 0.2) is 30.6 Å². The van der Waals surface area contributed by atoms with Crippen LogP contribution in [-0.2, 0) is 13.0 Å². The van der Waals surface area contributed by atoms with E-state index in [9.17, 15) is 0 Å². The number of thiazole rings is 1. The molecule has 1 atom stereocenters. The molecular formula is C21H27N5S. The zero-order chi connectivity index (χ0) is 19.0. The van der Waals surface area contributed by atoms with Gasteiger partial charge in [0.1, 0.15) is 0 Å². The van der Waals surface area contributed by atoms with Crippen molar-refractivity contribution < 1.29 is 0 Å². The summed E-state index contributed by atoms with van der Waals surface area (Å²) in [6.07, 6.45) is 7.47. The van der Waals surface area contributed by atoms with Crippen molar-refractivity contribution >= 4 is 16.5 Å². The fraction of sp³-hybridized carbons (Fsp3) is 0.429. The summed E-state index contributed by atoms with van der Waals surface area (Å²) in [5.74, 6) is 0. The number of anilines is 1. The molecule has 2 heterocycles. The highest BCUT2D eigenvalue weighted by Crippen LogP contribution is 2.32. The SMILES string of the molecule is Cc1ccc(-n2ncc3c2CCC[C@H]3NCc2cnc(N(C)C)s2)cc1C. The van der Waals surface area contributed by atoms with E-state index in [0.717, 1.165) is 30.2 Å². The van der Waals surface area contributed by atoms with Gasteiger partial charge in [-0.1, -0.05) is 6.07 Å². The number of nitrogens with one attached hydrogen (secondary N) is 1. The van der Waals surface area contributed by atoms with Gasteiger partial charge in [0, 0.05) is 49.0 Å². The van der Waals surface area contributed by atoms with Crippen LogP contribution in [0.25, 0.3) is 5.69 Å². The highest BCUT2D eigenvalue weighted by molar-refractivity contribution is 7.15. The molecule has 6 heteroatoms. The molecule has 0 amide bonds. The molecule has 0 radical (unpaired) electrons. The van der Waals surface area contributed by atoms with Crippen molar-refractivity contribution in [1.82, 2.24) is 20.1 Å². The molecule has 0 saturated heterocycles. The van der Waals surface area contributed by atoms with Gasteiger partial charge in [-0.05, 0) is 56.4 Å². The molecule has 1 N–H and O–H groups in total. The van der Waals surface area contributed by atoms with Gasteiger partial charge in [-0.3, -0.25) is 0 Å². The second kappa shape index (κ2) is 7.44. The smallest absolute Gasteiger partial charge is 0.185 e. The molecule has 27 heavy (non-hydrogen) atoms. The van der Waals surface area contributed by atoms with E-state index in [-0.39, 0.29) is 0 Å². The average molecular weight is 382 g/mol. The lowest BCUT2D eigenvalue weighted by atomic mass is 9.93. The third-order valence-corrected chi connectivity index (χ3v) is 6.53. The number of benzene rings is 1. The van der Waals surface area contributed by atoms with E-state index in [2.05, 4.69) is 58.1 Å². The second-order valence-corrected chi connectivity index (χ2v) is 8.65. The Bertz CT molecular complexity index is 940. The van der Waals surface area contributed by atoms with Crippen molar-refractivity contribution in [2.45, 2.75) is 45.7 Å². The van der Waals surface area contributed by atoms with Crippen molar-refractivity contribution in [2.75, 3.05) is 19.0 Å². The van der Waals surface area contributed by atoms with E-state index in [1.165, 1.54) is 33.7 Å². The summed E-state index contributed by atoms with van der Waals surface area (Å²) < 4.78 is 2.13. The molecule has 0 unspecified atom stereocenters. The Morgan fingerprint density at radius 3 is 2.81 bits per heavy atom. The molecule has 0 fully saturated rings. The quantitative estimate of drug-likeness (QED) is 0.720. The number of aryl methyl sites for hydroxylation is 2. The van der Waals surface area contributed by atoms with Crippen molar-refractivity contribution in [3.8, 4) is 5.69 Å². The number of aromatic nitrogens is 3. The van der Waals surface area contributed by atoms with Crippen LogP contribution in [-0.4, -0.2) is 28.9 Å². The first kappa shape index (κ1) is 18.2. The van der Waals surface area contributed by atoms with Gasteiger partial charge in [0.15, 0.2) is 5.13 Å². The summed E-state index contributed by atoms with van der Waals surface area (Å²) in [6.45, 7) is 5.17. The second-order valence-electron chi connectivity index (χ2n) is 7.56. The maximum absolute atomic E-state index is 4.73. The van der Waals surface area contributed by atoms with Crippen molar-refractivity contribution in [1.29, 1.82) is 0 Å². The van der Waals surface area contributed by atoms with Crippen LogP contribution in [0, 0.1) is 13.8 Å². The fourth-order valence-corrected chi connectivity index (χ4v) is 4.44. The summed E-state index contributed by atoms with van der Waals surface area (Å²) in [5, 5.41) is 9.52. The Morgan fingerprint density at radius 1 is 1.22 bits per heavy atom. The minimum absolute atomic E-state index is 0.360. The molecule has 0 saturated carbocycles. The van der Waals surface area contributed by atoms with Gasteiger partial charge < -0.3 is 10.2 Å². The van der Waals surface area contributed by atoms with Crippen molar-refractivity contribution in [3.05, 3.63) is 57.9 Å². The third kappa shape index (κ3) is 3.64. The fourth-order valence-electron chi connectivity index (χ4n) is 3.66. The maximum atomic E-state index is 4.73. The highest BCUT2D eigenvalue weighted by Gasteiger charge is 2.24. The van der Waals surface area contributed by atoms with Crippen molar-refractivity contribution in [3.63, 3.8) is 0 Å². The van der Waals surface area contributed by atoms with Crippen LogP contribution in [0.5, 0.6) is 0 Å². The van der Waals surface area contributed by atoms with Crippen LogP contribution >= 0.6 is 11.3 Å². The van der Waals surface area contributed by atoms with Gasteiger partial charge in [0.05, 0.1) is 11.9 Å². The molecule has 4 rings (SSSR count). The first-order valence-electron chi connectivity index (χ1n) is 9.53. The predicted octanol–water partition coefficient (Wildman–Crippen LogP) is 4.18. The molecule has 0 bridgehead atoms. The third-order valence-electron chi connectivity index (χ3n) is 5.36. The normalized spacial score (nSPS) is 16.4. The standard InChI is InChI=1S/C21H27N5S/c1-14-8-9-16(10-15(14)2)26-20-7-5-6-19(18(20)13-24-26)22-11-17-12-23-21(27-17)25(3)4/h8-10,12-13,19,22H,5-7,11H2,1-4H3/t19-/m1/s1. The lowest BCUT2D eigenvalue weighted by molar-refractivity contribution is 0.456. The molecule has 142 valence electrons. The molecule has 2 aromatic heterocycles. The monoisotopic (exact) mass is 381 g/mol. The molecule has 1 aliphatic carbocycles. The maximum Gasteiger partial charge on any atom is 0.185 e. The molecule has 5 nitrogen and oxygen atoms in total. The van der Waals surface area contributed by atoms with Gasteiger partial charge >= 0.3 is 0 Å². The van der Waals surface area contributed by atoms with Gasteiger partial charge in [0.2, 0.25) is 0 Å². The zero-order valence-electron chi connectivity index (χ0n) is 16.5. The van der Waals surface area contributed by atoms with E-state index in [1.54, 1.807) is 11.3 Å². The lowest BCUT2D eigenvalue weighted by Gasteiger charge is -2.24. The molecule has 0 aliphatic heterocycles. The Balaban J connectivity index is 1.53. The predicted molar refractivity (Wildman–Crippen MR) is 112 cm³/mol. The minimum Gasteiger partial charge on any atom is -0.354 e. The summed E-state index contributed by atoms with van der Waals surface area (Å²) in [7, 11) is 4.06. The molecule has 1 aliphatic rings. The Hall–Kier alpha value is -2.18. The van der Waals surface area contributed by atoms with Crippen molar-refractivity contribution in [2.24, 2.45) is 0 Å².